The first-order valence-electron chi connectivity index (χ1n) is 12.5. The van der Waals surface area contributed by atoms with Crippen LogP contribution in [0.25, 0.3) is 0 Å². The number of thiocarbonyl (C=S) groups is 1. The highest BCUT2D eigenvalue weighted by Crippen LogP contribution is 2.68. The van der Waals surface area contributed by atoms with Crippen LogP contribution >= 0.6 is 24.0 Å². The van der Waals surface area contributed by atoms with E-state index in [1.807, 2.05) is 0 Å². The Bertz CT molecular complexity index is 796. The molecule has 2 unspecified atom stereocenters. The summed E-state index contributed by atoms with van der Waals surface area (Å²) in [5.74, 6) is 4.13. The van der Waals surface area contributed by atoms with Crippen molar-refractivity contribution in [2.24, 2.45) is 39.8 Å². The van der Waals surface area contributed by atoms with Crippen LogP contribution in [0.5, 0.6) is 0 Å². The minimum absolute atomic E-state index is 0.146. The molecule has 5 aliphatic carbocycles. The summed E-state index contributed by atoms with van der Waals surface area (Å²) in [5.41, 5.74) is 7.90. The van der Waals surface area contributed by atoms with Gasteiger partial charge in [0.2, 0.25) is 0 Å². The third kappa shape index (κ3) is 4.06. The van der Waals surface area contributed by atoms with Gasteiger partial charge in [0.25, 0.3) is 0 Å². The molecule has 5 fully saturated rings. The van der Waals surface area contributed by atoms with Crippen LogP contribution < -0.4 is 5.73 Å². The Labute approximate surface area is 198 Å². The average molecular weight is 455 g/mol. The Balaban J connectivity index is 1.38. The molecular weight excluding hydrogens is 416 g/mol. The topological polar surface area (TPSA) is 38.4 Å². The molecule has 2 N–H and O–H groups in total. The van der Waals surface area contributed by atoms with Crippen molar-refractivity contribution >= 4 is 35.2 Å². The molecule has 0 spiro atoms. The fourth-order valence-electron chi connectivity index (χ4n) is 7.83. The number of benzene rings is 1. The maximum Gasteiger partial charge on any atom is 0.109 e. The normalized spacial score (nSPS) is 41.7. The van der Waals surface area contributed by atoms with Crippen molar-refractivity contribution < 1.29 is 0 Å². The van der Waals surface area contributed by atoms with Gasteiger partial charge in [-0.25, -0.2) is 0 Å². The fourth-order valence-corrected chi connectivity index (χ4v) is 9.45. The summed E-state index contributed by atoms with van der Waals surface area (Å²) in [5, 5.41) is 0.827. The highest BCUT2D eigenvalue weighted by atomic mass is 32.2. The minimum atomic E-state index is 0.146. The maximum absolute atomic E-state index is 6.14. The Morgan fingerprint density at radius 2 is 1.77 bits per heavy atom. The monoisotopic (exact) mass is 454 g/mol. The van der Waals surface area contributed by atoms with Gasteiger partial charge >= 0.3 is 0 Å². The van der Waals surface area contributed by atoms with Gasteiger partial charge in [-0.2, -0.15) is 11.8 Å². The Kier molecular flexibility index (Phi) is 6.35. The lowest BCUT2D eigenvalue weighted by Crippen LogP contribution is -2.60. The summed E-state index contributed by atoms with van der Waals surface area (Å²) in [6.45, 7) is 3.17. The number of aliphatic imine (C=N–C) groups is 1. The standard InChI is InChI=1S/C27H38N2S2/c1-2-31-24-21-12-26(23-6-4-3-5-7-23)13-22(24)15-27(14-21,18-26)25(30)29-17-20-10-8-19(16-28)9-11-20/h3-7,17,19-22,24H,2,8-16,18,28H2,1H3/b29-17+. The van der Waals surface area contributed by atoms with E-state index in [0.717, 1.165) is 34.5 Å². The van der Waals surface area contributed by atoms with Crippen molar-refractivity contribution in [3.63, 3.8) is 0 Å². The molecule has 5 aliphatic rings. The molecule has 168 valence electrons. The van der Waals surface area contributed by atoms with Crippen LogP contribution in [0.3, 0.4) is 0 Å². The highest BCUT2D eigenvalue weighted by molar-refractivity contribution is 7.99. The summed E-state index contributed by atoms with van der Waals surface area (Å²) in [4.78, 5) is 6.08. The molecule has 0 saturated heterocycles. The summed E-state index contributed by atoms with van der Waals surface area (Å²) >= 11 is 8.36. The lowest BCUT2D eigenvalue weighted by atomic mass is 9.42. The lowest BCUT2D eigenvalue weighted by molar-refractivity contribution is -0.0283. The molecule has 0 aromatic heterocycles. The molecule has 2 nitrogen and oxygen atoms in total. The van der Waals surface area contributed by atoms with Crippen molar-refractivity contribution in [2.45, 2.75) is 75.4 Å². The molecular formula is C27H38N2S2. The van der Waals surface area contributed by atoms with E-state index < -0.39 is 0 Å². The quantitative estimate of drug-likeness (QED) is 0.398. The first kappa shape index (κ1) is 22.1. The molecule has 1 aromatic carbocycles. The van der Waals surface area contributed by atoms with Gasteiger partial charge in [-0.15, -0.1) is 0 Å². The van der Waals surface area contributed by atoms with Crippen molar-refractivity contribution in [2.75, 3.05) is 12.3 Å². The number of nitrogens with zero attached hydrogens (tertiary/aromatic N) is 1. The van der Waals surface area contributed by atoms with E-state index in [0.29, 0.717) is 11.3 Å². The summed E-state index contributed by atoms with van der Waals surface area (Å²) in [7, 11) is 0. The molecule has 2 atom stereocenters. The third-order valence-electron chi connectivity index (χ3n) is 9.04. The number of thioether (sulfide) groups is 1. The smallest absolute Gasteiger partial charge is 0.109 e. The molecule has 0 heterocycles. The summed E-state index contributed by atoms with van der Waals surface area (Å²) < 4.78 is 0. The van der Waals surface area contributed by atoms with E-state index in [-0.39, 0.29) is 5.41 Å². The molecule has 4 heteroatoms. The van der Waals surface area contributed by atoms with E-state index in [9.17, 15) is 0 Å². The van der Waals surface area contributed by atoms with Crippen molar-refractivity contribution in [1.29, 1.82) is 0 Å². The van der Waals surface area contributed by atoms with Gasteiger partial charge < -0.3 is 5.73 Å². The number of hydrogen-bond acceptors (Lipinski definition) is 3. The maximum atomic E-state index is 6.14. The van der Waals surface area contributed by atoms with Crippen LogP contribution in [0.1, 0.15) is 70.3 Å². The van der Waals surface area contributed by atoms with Crippen LogP contribution in [0, 0.1) is 29.1 Å². The predicted molar refractivity (Wildman–Crippen MR) is 138 cm³/mol. The van der Waals surface area contributed by atoms with Crippen LogP contribution in [-0.2, 0) is 5.41 Å². The SMILES string of the molecule is CCSC1C2CC3(C(=S)/N=C/C4CCC(CN)CC4)CC1CC(c1ccccc1)(C2)C3. The predicted octanol–water partition coefficient (Wildman–Crippen LogP) is 6.42. The van der Waals surface area contributed by atoms with Crippen LogP contribution in [-0.4, -0.2) is 28.8 Å². The van der Waals surface area contributed by atoms with Crippen LogP contribution in [0.4, 0.5) is 0 Å². The second kappa shape index (κ2) is 8.91. The zero-order valence-electron chi connectivity index (χ0n) is 19.0. The van der Waals surface area contributed by atoms with Gasteiger partial charge in [-0.3, -0.25) is 4.99 Å². The zero-order chi connectivity index (χ0) is 21.5. The molecule has 1 aromatic rings. The number of rotatable bonds is 6. The Morgan fingerprint density at radius 1 is 1.10 bits per heavy atom. The molecule has 6 rings (SSSR count). The average Bonchev–Trinajstić information content (AvgIpc) is 2.80. The molecule has 0 aliphatic heterocycles. The van der Waals surface area contributed by atoms with E-state index in [1.165, 1.54) is 63.5 Å². The van der Waals surface area contributed by atoms with Gasteiger partial charge in [0, 0.05) is 16.9 Å². The van der Waals surface area contributed by atoms with Gasteiger partial charge in [0.1, 0.15) is 4.99 Å². The number of nitrogens with two attached hydrogens (primary N) is 1. The first-order valence-corrected chi connectivity index (χ1v) is 14.0. The zero-order valence-corrected chi connectivity index (χ0v) is 20.6. The van der Waals surface area contributed by atoms with Gasteiger partial charge in [-0.05, 0) is 105 Å². The summed E-state index contributed by atoms with van der Waals surface area (Å²) in [6.07, 6.45) is 13.7. The fraction of sp³-hybridized carbons (Fsp3) is 0.704. The number of hydrogen-bond donors (Lipinski definition) is 1. The molecule has 4 bridgehead atoms. The van der Waals surface area contributed by atoms with Crippen LogP contribution in [0.15, 0.2) is 35.3 Å². The minimum Gasteiger partial charge on any atom is -0.330 e. The second-order valence-corrected chi connectivity index (χ2v) is 12.8. The van der Waals surface area contributed by atoms with Crippen molar-refractivity contribution in [3.8, 4) is 0 Å². The second-order valence-electron chi connectivity index (χ2n) is 11.0. The molecule has 0 radical (unpaired) electrons. The van der Waals surface area contributed by atoms with Gasteiger partial charge in [-0.1, -0.05) is 49.5 Å². The van der Waals surface area contributed by atoms with E-state index in [1.54, 1.807) is 5.56 Å². The summed E-state index contributed by atoms with van der Waals surface area (Å²) in [6, 6.07) is 11.4. The van der Waals surface area contributed by atoms with Gasteiger partial charge in [0.05, 0.1) is 0 Å². The largest absolute Gasteiger partial charge is 0.330 e. The first-order chi connectivity index (χ1) is 15.1. The molecule has 31 heavy (non-hydrogen) atoms. The third-order valence-corrected chi connectivity index (χ3v) is 11.1. The van der Waals surface area contributed by atoms with E-state index >= 15 is 0 Å². The van der Waals surface area contributed by atoms with Crippen molar-refractivity contribution in [3.05, 3.63) is 35.9 Å². The molecule has 5 saturated carbocycles. The highest BCUT2D eigenvalue weighted by Gasteiger charge is 2.62. The Hall–Kier alpha value is -0.710. The van der Waals surface area contributed by atoms with Crippen molar-refractivity contribution in [1.82, 2.24) is 0 Å². The van der Waals surface area contributed by atoms with E-state index in [4.69, 9.17) is 22.9 Å². The van der Waals surface area contributed by atoms with Gasteiger partial charge in [0.15, 0.2) is 0 Å². The van der Waals surface area contributed by atoms with E-state index in [2.05, 4.69) is 55.2 Å². The van der Waals surface area contributed by atoms with Crippen LogP contribution in [0.2, 0.25) is 0 Å². The lowest BCUT2D eigenvalue weighted by Gasteiger charge is -2.64. The Morgan fingerprint density at radius 3 is 2.39 bits per heavy atom. The molecule has 0 amide bonds.